The van der Waals surface area contributed by atoms with Crippen molar-refractivity contribution in [3.63, 3.8) is 0 Å². The van der Waals surface area contributed by atoms with E-state index in [0.717, 1.165) is 37.0 Å². The predicted octanol–water partition coefficient (Wildman–Crippen LogP) is 3.87. The van der Waals surface area contributed by atoms with E-state index in [1.165, 1.54) is 6.42 Å². The van der Waals surface area contributed by atoms with E-state index < -0.39 is 10.0 Å². The Bertz CT molecular complexity index is 621. The lowest BCUT2D eigenvalue weighted by Gasteiger charge is -2.28. The van der Waals surface area contributed by atoms with E-state index in [-0.39, 0.29) is 4.90 Å². The van der Waals surface area contributed by atoms with Crippen molar-refractivity contribution >= 4 is 15.7 Å². The van der Waals surface area contributed by atoms with Crippen LogP contribution in [0.5, 0.6) is 0 Å². The number of benzene rings is 1. The Morgan fingerprint density at radius 3 is 2.59 bits per heavy atom. The molecule has 1 aromatic rings. The number of nitrogens with one attached hydrogen (secondary N) is 1. The third-order valence-electron chi connectivity index (χ3n) is 4.60. The van der Waals surface area contributed by atoms with Crippen molar-refractivity contribution in [3.8, 4) is 0 Å². The van der Waals surface area contributed by atoms with Gasteiger partial charge in [0.1, 0.15) is 0 Å². The molecule has 0 unspecified atom stereocenters. The minimum absolute atomic E-state index is 0.262. The van der Waals surface area contributed by atoms with Crippen molar-refractivity contribution in [2.24, 2.45) is 16.9 Å². The zero-order chi connectivity index (χ0) is 16.2. The van der Waals surface area contributed by atoms with Gasteiger partial charge >= 0.3 is 0 Å². The van der Waals surface area contributed by atoms with E-state index in [4.69, 9.17) is 0 Å². The van der Waals surface area contributed by atoms with Crippen LogP contribution in [-0.4, -0.2) is 14.1 Å². The van der Waals surface area contributed by atoms with Crippen LogP contribution < -0.4 is 4.83 Å². The second-order valence-electron chi connectivity index (χ2n) is 6.25. The van der Waals surface area contributed by atoms with Gasteiger partial charge in [0.15, 0.2) is 0 Å². The molecule has 2 rings (SSSR count). The standard InChI is InChI=1S/C17H26N2O2S/c1-4-14(3)16-7-5-6-8-17(16)18-19-22(20,21)15-11-9-13(2)10-12-15/h9-12,14,16,19H,4-8H2,1-3H3/b18-17-/t14-,16-/m1/s1. The lowest BCUT2D eigenvalue weighted by Crippen LogP contribution is -2.29. The van der Waals surface area contributed by atoms with Crippen LogP contribution in [0.25, 0.3) is 0 Å². The highest BCUT2D eigenvalue weighted by Crippen LogP contribution is 2.29. The smallest absolute Gasteiger partial charge is 0.200 e. The van der Waals surface area contributed by atoms with Gasteiger partial charge in [0.05, 0.1) is 4.90 Å². The van der Waals surface area contributed by atoms with Crippen LogP contribution in [0.3, 0.4) is 0 Å². The van der Waals surface area contributed by atoms with Gasteiger partial charge in [0.25, 0.3) is 10.0 Å². The maximum absolute atomic E-state index is 12.3. The second-order valence-corrected chi connectivity index (χ2v) is 7.91. The van der Waals surface area contributed by atoms with Crippen LogP contribution in [0.15, 0.2) is 34.3 Å². The van der Waals surface area contributed by atoms with Gasteiger partial charge in [-0.1, -0.05) is 44.4 Å². The molecular formula is C17H26N2O2S. The maximum Gasteiger partial charge on any atom is 0.276 e. The predicted molar refractivity (Wildman–Crippen MR) is 90.3 cm³/mol. The first-order valence-corrected chi connectivity index (χ1v) is 9.57. The summed E-state index contributed by atoms with van der Waals surface area (Å²) in [4.78, 5) is 2.70. The van der Waals surface area contributed by atoms with E-state index in [1.807, 2.05) is 6.92 Å². The van der Waals surface area contributed by atoms with Gasteiger partial charge in [0.2, 0.25) is 0 Å². The van der Waals surface area contributed by atoms with Crippen molar-refractivity contribution in [1.82, 2.24) is 4.83 Å². The van der Waals surface area contributed by atoms with Crippen LogP contribution in [-0.2, 0) is 10.0 Å². The summed E-state index contributed by atoms with van der Waals surface area (Å²) in [5.41, 5.74) is 2.05. The summed E-state index contributed by atoms with van der Waals surface area (Å²) >= 11 is 0. The largest absolute Gasteiger partial charge is 0.276 e. The normalized spacial score (nSPS) is 22.5. The molecule has 0 aromatic heterocycles. The number of sulfonamides is 1. The number of hydrogen-bond acceptors (Lipinski definition) is 3. The lowest BCUT2D eigenvalue weighted by atomic mass is 9.78. The summed E-state index contributed by atoms with van der Waals surface area (Å²) in [5, 5.41) is 4.28. The van der Waals surface area contributed by atoms with Crippen LogP contribution in [0.1, 0.15) is 51.5 Å². The van der Waals surface area contributed by atoms with Crippen LogP contribution in [0.2, 0.25) is 0 Å². The molecule has 0 amide bonds. The third-order valence-corrected chi connectivity index (χ3v) is 5.82. The molecule has 1 aliphatic carbocycles. The Morgan fingerprint density at radius 1 is 1.27 bits per heavy atom. The second kappa shape index (κ2) is 7.27. The summed E-state index contributed by atoms with van der Waals surface area (Å²) in [7, 11) is -3.57. The van der Waals surface area contributed by atoms with E-state index in [9.17, 15) is 8.42 Å². The molecule has 0 saturated heterocycles. The zero-order valence-electron chi connectivity index (χ0n) is 13.7. The molecule has 122 valence electrons. The summed E-state index contributed by atoms with van der Waals surface area (Å²) in [6, 6.07) is 6.82. The van der Waals surface area contributed by atoms with Gasteiger partial charge in [0, 0.05) is 11.6 Å². The number of aryl methyl sites for hydroxylation is 1. The molecule has 0 radical (unpaired) electrons. The third kappa shape index (κ3) is 4.09. The summed E-state index contributed by atoms with van der Waals surface area (Å²) < 4.78 is 24.6. The number of hydrazone groups is 1. The average Bonchev–Trinajstić information content (AvgIpc) is 2.53. The van der Waals surface area contributed by atoms with E-state index >= 15 is 0 Å². The van der Waals surface area contributed by atoms with E-state index in [0.29, 0.717) is 11.8 Å². The van der Waals surface area contributed by atoms with Crippen molar-refractivity contribution in [2.45, 2.75) is 57.8 Å². The monoisotopic (exact) mass is 322 g/mol. The highest BCUT2D eigenvalue weighted by atomic mass is 32.2. The zero-order valence-corrected chi connectivity index (χ0v) is 14.5. The average molecular weight is 322 g/mol. The Morgan fingerprint density at radius 2 is 1.95 bits per heavy atom. The Kier molecular flexibility index (Phi) is 5.62. The Hall–Kier alpha value is -1.36. The summed E-state index contributed by atoms with van der Waals surface area (Å²) in [6.07, 6.45) is 5.40. The number of nitrogens with zero attached hydrogens (tertiary/aromatic N) is 1. The molecule has 1 aliphatic rings. The lowest BCUT2D eigenvalue weighted by molar-refractivity contribution is 0.379. The van der Waals surface area contributed by atoms with Crippen molar-refractivity contribution in [3.05, 3.63) is 29.8 Å². The van der Waals surface area contributed by atoms with Gasteiger partial charge in [-0.05, 0) is 44.2 Å². The highest BCUT2D eigenvalue weighted by molar-refractivity contribution is 7.89. The molecule has 1 fully saturated rings. The molecular weight excluding hydrogens is 296 g/mol. The van der Waals surface area contributed by atoms with Crippen molar-refractivity contribution in [1.29, 1.82) is 0 Å². The Labute approximate surface area is 134 Å². The quantitative estimate of drug-likeness (QED) is 0.837. The first-order valence-electron chi connectivity index (χ1n) is 8.09. The van der Waals surface area contributed by atoms with Gasteiger partial charge in [-0.15, -0.1) is 0 Å². The molecule has 22 heavy (non-hydrogen) atoms. The molecule has 4 nitrogen and oxygen atoms in total. The minimum Gasteiger partial charge on any atom is -0.200 e. The van der Waals surface area contributed by atoms with Crippen LogP contribution >= 0.6 is 0 Å². The molecule has 5 heteroatoms. The van der Waals surface area contributed by atoms with E-state index in [2.05, 4.69) is 23.8 Å². The molecule has 1 aromatic carbocycles. The minimum atomic E-state index is -3.57. The Balaban J connectivity index is 2.16. The van der Waals surface area contributed by atoms with Gasteiger partial charge in [-0.2, -0.15) is 13.5 Å². The topological polar surface area (TPSA) is 58.5 Å². The summed E-state index contributed by atoms with van der Waals surface area (Å²) in [6.45, 7) is 6.33. The molecule has 2 atom stereocenters. The van der Waals surface area contributed by atoms with Crippen LogP contribution in [0.4, 0.5) is 0 Å². The molecule has 0 spiro atoms. The van der Waals surface area contributed by atoms with Crippen molar-refractivity contribution in [2.75, 3.05) is 0 Å². The highest BCUT2D eigenvalue weighted by Gasteiger charge is 2.25. The first kappa shape index (κ1) is 17.0. The fourth-order valence-corrected chi connectivity index (χ4v) is 3.78. The van der Waals surface area contributed by atoms with Crippen LogP contribution in [0, 0.1) is 18.8 Å². The fraction of sp³-hybridized carbons (Fsp3) is 0.588. The van der Waals surface area contributed by atoms with Crippen molar-refractivity contribution < 1.29 is 8.42 Å². The summed E-state index contributed by atoms with van der Waals surface area (Å²) in [5.74, 6) is 0.947. The molecule has 0 aliphatic heterocycles. The fourth-order valence-electron chi connectivity index (χ4n) is 2.95. The van der Waals surface area contributed by atoms with Gasteiger partial charge in [-0.3, -0.25) is 0 Å². The van der Waals surface area contributed by atoms with Gasteiger partial charge < -0.3 is 0 Å². The number of hydrogen-bond donors (Lipinski definition) is 1. The van der Waals surface area contributed by atoms with E-state index in [1.54, 1.807) is 24.3 Å². The van der Waals surface area contributed by atoms with Gasteiger partial charge in [-0.25, -0.2) is 4.83 Å². The SMILES string of the molecule is CC[C@@H](C)[C@H]1CCCC/C1=N/NS(=O)(=O)c1ccc(C)cc1. The maximum atomic E-state index is 12.3. The molecule has 0 heterocycles. The molecule has 1 N–H and O–H groups in total. The molecule has 1 saturated carbocycles. The molecule has 0 bridgehead atoms. The number of rotatable bonds is 5. The first-order chi connectivity index (χ1) is 10.4.